The minimum Gasteiger partial charge on any atom is -0.497 e. The monoisotopic (exact) mass is 430 g/mol. The van der Waals surface area contributed by atoms with Crippen LogP contribution in [0.4, 0.5) is 5.69 Å². The van der Waals surface area contributed by atoms with E-state index in [1.807, 2.05) is 60.4 Å². The molecule has 2 saturated heterocycles. The number of piperazine rings is 1. The molecular formula is C22H26N2O5S. The Labute approximate surface area is 177 Å². The molecule has 0 aliphatic carbocycles. The Morgan fingerprint density at radius 1 is 0.967 bits per heavy atom. The molecule has 0 N–H and O–H groups in total. The summed E-state index contributed by atoms with van der Waals surface area (Å²) in [7, 11) is -1.61. The lowest BCUT2D eigenvalue weighted by Crippen LogP contribution is -2.61. The highest BCUT2D eigenvalue weighted by Crippen LogP contribution is 2.33. The molecule has 30 heavy (non-hydrogen) atoms. The fraction of sp³-hybridized carbons (Fsp3) is 0.409. The molecule has 2 fully saturated rings. The van der Waals surface area contributed by atoms with Crippen molar-refractivity contribution in [3.63, 3.8) is 0 Å². The van der Waals surface area contributed by atoms with Crippen molar-refractivity contribution in [2.45, 2.75) is 25.6 Å². The van der Waals surface area contributed by atoms with Crippen LogP contribution in [-0.4, -0.2) is 63.1 Å². The molecule has 160 valence electrons. The quantitative estimate of drug-likeness (QED) is 0.699. The summed E-state index contributed by atoms with van der Waals surface area (Å²) in [5.41, 5.74) is 1.72. The standard InChI is InChI=1S/C22H26N2O5S/c1-3-29-19-10-6-17(7-11-19)24-21-15-30(26,27)14-20(21)23(13-22(24)25)12-16-4-8-18(28-2)9-5-16/h4-11,20-21H,3,12-15H2,1-2H3/t20-,21+/m0/s1. The van der Waals surface area contributed by atoms with Gasteiger partial charge in [0.15, 0.2) is 9.84 Å². The molecule has 0 aromatic heterocycles. The SMILES string of the molecule is CCOc1ccc(N2C(=O)CN(Cc3ccc(OC)cc3)[C@H]3CS(=O)(=O)C[C@H]32)cc1. The van der Waals surface area contributed by atoms with Gasteiger partial charge in [0.05, 0.1) is 37.8 Å². The fourth-order valence-electron chi connectivity index (χ4n) is 4.30. The first-order chi connectivity index (χ1) is 14.4. The van der Waals surface area contributed by atoms with Gasteiger partial charge in [-0.15, -0.1) is 0 Å². The number of benzene rings is 2. The minimum atomic E-state index is -3.23. The summed E-state index contributed by atoms with van der Waals surface area (Å²) >= 11 is 0. The van der Waals surface area contributed by atoms with Crippen molar-refractivity contribution in [3.05, 3.63) is 54.1 Å². The van der Waals surface area contributed by atoms with Gasteiger partial charge in [0.1, 0.15) is 11.5 Å². The molecule has 7 nitrogen and oxygen atoms in total. The van der Waals surface area contributed by atoms with Gasteiger partial charge in [0.25, 0.3) is 0 Å². The largest absolute Gasteiger partial charge is 0.497 e. The Morgan fingerprint density at radius 3 is 2.23 bits per heavy atom. The third-order valence-electron chi connectivity index (χ3n) is 5.67. The molecule has 8 heteroatoms. The third-order valence-corrected chi connectivity index (χ3v) is 7.37. The van der Waals surface area contributed by atoms with Crippen LogP contribution in [-0.2, 0) is 21.2 Å². The van der Waals surface area contributed by atoms with E-state index in [4.69, 9.17) is 9.47 Å². The zero-order chi connectivity index (χ0) is 21.3. The first-order valence-electron chi connectivity index (χ1n) is 10.0. The van der Waals surface area contributed by atoms with Gasteiger partial charge in [-0.25, -0.2) is 8.42 Å². The average Bonchev–Trinajstić information content (AvgIpc) is 3.05. The zero-order valence-corrected chi connectivity index (χ0v) is 18.0. The molecule has 2 aliphatic heterocycles. The van der Waals surface area contributed by atoms with Crippen molar-refractivity contribution < 1.29 is 22.7 Å². The maximum absolute atomic E-state index is 13.1. The Hall–Kier alpha value is -2.58. The first-order valence-corrected chi connectivity index (χ1v) is 11.8. The smallest absolute Gasteiger partial charge is 0.241 e. The van der Waals surface area contributed by atoms with E-state index in [-0.39, 0.29) is 30.0 Å². The predicted molar refractivity (Wildman–Crippen MR) is 115 cm³/mol. The summed E-state index contributed by atoms with van der Waals surface area (Å²) in [4.78, 5) is 16.8. The first kappa shape index (κ1) is 20.7. The number of amides is 1. The van der Waals surface area contributed by atoms with Gasteiger partial charge in [-0.2, -0.15) is 0 Å². The predicted octanol–water partition coefficient (Wildman–Crippen LogP) is 2.11. The van der Waals surface area contributed by atoms with Crippen LogP contribution in [0.3, 0.4) is 0 Å². The number of carbonyl (C=O) groups excluding carboxylic acids is 1. The number of anilines is 1. The maximum atomic E-state index is 13.1. The minimum absolute atomic E-state index is 0.0181. The highest BCUT2D eigenvalue weighted by Gasteiger charge is 2.49. The summed E-state index contributed by atoms with van der Waals surface area (Å²) < 4.78 is 35.7. The second-order valence-corrected chi connectivity index (χ2v) is 9.81. The van der Waals surface area contributed by atoms with E-state index in [9.17, 15) is 13.2 Å². The van der Waals surface area contributed by atoms with E-state index in [2.05, 4.69) is 0 Å². The number of hydrogen-bond acceptors (Lipinski definition) is 6. The van der Waals surface area contributed by atoms with E-state index in [1.54, 1.807) is 12.0 Å². The molecule has 0 bridgehead atoms. The lowest BCUT2D eigenvalue weighted by Gasteiger charge is -2.43. The topological polar surface area (TPSA) is 76.2 Å². The summed E-state index contributed by atoms with van der Waals surface area (Å²) in [6.07, 6.45) is 0. The van der Waals surface area contributed by atoms with Crippen molar-refractivity contribution in [1.82, 2.24) is 4.90 Å². The number of sulfone groups is 1. The average molecular weight is 431 g/mol. The van der Waals surface area contributed by atoms with E-state index in [0.717, 1.165) is 17.1 Å². The van der Waals surface area contributed by atoms with Crippen LogP contribution in [0.2, 0.25) is 0 Å². The number of hydrogen-bond donors (Lipinski definition) is 0. The van der Waals surface area contributed by atoms with Crippen LogP contribution >= 0.6 is 0 Å². The molecule has 0 saturated carbocycles. The van der Waals surface area contributed by atoms with Gasteiger partial charge in [-0.05, 0) is 48.9 Å². The number of rotatable bonds is 6. The third kappa shape index (κ3) is 4.15. The van der Waals surface area contributed by atoms with Crippen molar-refractivity contribution in [3.8, 4) is 11.5 Å². The van der Waals surface area contributed by atoms with Gasteiger partial charge in [-0.1, -0.05) is 12.1 Å². The van der Waals surface area contributed by atoms with Crippen LogP contribution in [0.15, 0.2) is 48.5 Å². The van der Waals surface area contributed by atoms with Crippen LogP contribution in [0.25, 0.3) is 0 Å². The van der Waals surface area contributed by atoms with Crippen molar-refractivity contribution in [2.75, 3.05) is 36.7 Å². The van der Waals surface area contributed by atoms with Crippen molar-refractivity contribution >= 4 is 21.4 Å². The molecule has 2 heterocycles. The molecule has 2 aliphatic rings. The highest BCUT2D eigenvalue weighted by atomic mass is 32.2. The number of fused-ring (bicyclic) bond motifs is 1. The van der Waals surface area contributed by atoms with Crippen molar-refractivity contribution in [1.29, 1.82) is 0 Å². The Kier molecular flexibility index (Phi) is 5.71. The molecule has 1 amide bonds. The molecule has 2 aromatic rings. The Balaban J connectivity index is 1.59. The van der Waals surface area contributed by atoms with Gasteiger partial charge in [-0.3, -0.25) is 9.69 Å². The maximum Gasteiger partial charge on any atom is 0.241 e. The molecular weight excluding hydrogens is 404 g/mol. The van der Waals surface area contributed by atoms with Gasteiger partial charge in [0, 0.05) is 18.3 Å². The molecule has 0 spiro atoms. The summed E-state index contributed by atoms with van der Waals surface area (Å²) in [6.45, 7) is 3.16. The van der Waals surface area contributed by atoms with Gasteiger partial charge >= 0.3 is 0 Å². The second kappa shape index (κ2) is 8.28. The van der Waals surface area contributed by atoms with Crippen LogP contribution in [0.1, 0.15) is 12.5 Å². The second-order valence-electron chi connectivity index (χ2n) is 7.66. The number of ether oxygens (including phenoxy) is 2. The van der Waals surface area contributed by atoms with Gasteiger partial charge in [0.2, 0.25) is 5.91 Å². The molecule has 0 radical (unpaired) electrons. The Morgan fingerprint density at radius 2 is 1.60 bits per heavy atom. The molecule has 2 aromatic carbocycles. The lowest BCUT2D eigenvalue weighted by molar-refractivity contribution is -0.123. The number of carbonyl (C=O) groups is 1. The lowest BCUT2D eigenvalue weighted by atomic mass is 10.0. The van der Waals surface area contributed by atoms with Crippen LogP contribution < -0.4 is 14.4 Å². The zero-order valence-electron chi connectivity index (χ0n) is 17.2. The molecule has 0 unspecified atom stereocenters. The molecule has 4 rings (SSSR count). The summed E-state index contributed by atoms with van der Waals surface area (Å²) in [6, 6.07) is 14.3. The van der Waals surface area contributed by atoms with Crippen LogP contribution in [0, 0.1) is 0 Å². The van der Waals surface area contributed by atoms with Gasteiger partial charge < -0.3 is 14.4 Å². The number of nitrogens with zero attached hydrogens (tertiary/aromatic N) is 2. The van der Waals surface area contributed by atoms with Crippen LogP contribution in [0.5, 0.6) is 11.5 Å². The van der Waals surface area contributed by atoms with E-state index in [0.29, 0.717) is 18.8 Å². The molecule has 2 atom stereocenters. The Bertz CT molecular complexity index is 1000. The summed E-state index contributed by atoms with van der Waals surface area (Å²) in [5, 5.41) is 0. The van der Waals surface area contributed by atoms with E-state index < -0.39 is 15.9 Å². The van der Waals surface area contributed by atoms with E-state index in [1.165, 1.54) is 0 Å². The van der Waals surface area contributed by atoms with E-state index >= 15 is 0 Å². The normalized spacial score (nSPS) is 23.3. The highest BCUT2D eigenvalue weighted by molar-refractivity contribution is 7.91. The van der Waals surface area contributed by atoms with Crippen molar-refractivity contribution in [2.24, 2.45) is 0 Å². The summed E-state index contributed by atoms with van der Waals surface area (Å²) in [5.74, 6) is 1.44. The number of methoxy groups -OCH3 is 1. The fourth-order valence-corrected chi connectivity index (χ4v) is 6.28.